The molecular formula is C10H6Cl2N2O3. The zero-order chi connectivity index (χ0) is 12.6. The van der Waals surface area contributed by atoms with Crippen molar-refractivity contribution in [3.63, 3.8) is 0 Å². The van der Waals surface area contributed by atoms with Crippen molar-refractivity contribution < 1.29 is 14.4 Å². The zero-order valence-electron chi connectivity index (χ0n) is 8.37. The number of urea groups is 1. The van der Waals surface area contributed by atoms with E-state index in [1.54, 1.807) is 12.1 Å². The van der Waals surface area contributed by atoms with Gasteiger partial charge in [-0.05, 0) is 17.7 Å². The van der Waals surface area contributed by atoms with E-state index in [2.05, 4.69) is 0 Å². The molecule has 2 rings (SSSR count). The summed E-state index contributed by atoms with van der Waals surface area (Å²) in [7, 11) is 0. The van der Waals surface area contributed by atoms with Crippen LogP contribution in [-0.2, 0) is 16.1 Å². The summed E-state index contributed by atoms with van der Waals surface area (Å²) in [5.41, 5.74) is 0.609. The Morgan fingerprint density at radius 2 is 1.82 bits per heavy atom. The lowest BCUT2D eigenvalue weighted by Crippen LogP contribution is -2.30. The molecule has 0 aromatic heterocycles. The largest absolute Gasteiger partial charge is 0.331 e. The summed E-state index contributed by atoms with van der Waals surface area (Å²) < 4.78 is 0. The van der Waals surface area contributed by atoms with E-state index in [1.165, 1.54) is 6.07 Å². The molecule has 1 N–H and O–H groups in total. The molecule has 1 aliphatic heterocycles. The van der Waals surface area contributed by atoms with Crippen LogP contribution in [0.15, 0.2) is 18.2 Å². The van der Waals surface area contributed by atoms with Crippen LogP contribution in [0.2, 0.25) is 10.0 Å². The smallest absolute Gasteiger partial charge is 0.269 e. The first-order chi connectivity index (χ1) is 7.99. The van der Waals surface area contributed by atoms with Crippen LogP contribution in [0.25, 0.3) is 0 Å². The molecule has 17 heavy (non-hydrogen) atoms. The first kappa shape index (κ1) is 11.9. The SMILES string of the molecule is O=C1NC(=O)N(Cc2ccc(Cl)c(Cl)c2)C1=O. The maximum Gasteiger partial charge on any atom is 0.331 e. The second-order valence-electron chi connectivity index (χ2n) is 3.40. The van der Waals surface area contributed by atoms with E-state index in [0.717, 1.165) is 4.90 Å². The number of carbonyl (C=O) groups is 3. The van der Waals surface area contributed by atoms with Crippen molar-refractivity contribution >= 4 is 41.0 Å². The van der Waals surface area contributed by atoms with Crippen molar-refractivity contribution in [2.75, 3.05) is 0 Å². The number of nitrogens with zero attached hydrogens (tertiary/aromatic N) is 1. The van der Waals surface area contributed by atoms with Crippen LogP contribution >= 0.6 is 23.2 Å². The number of benzene rings is 1. The first-order valence-corrected chi connectivity index (χ1v) is 5.35. The summed E-state index contributed by atoms with van der Waals surface area (Å²) in [6.45, 7) is -0.0205. The van der Waals surface area contributed by atoms with Crippen LogP contribution in [0, 0.1) is 0 Å². The molecule has 1 aromatic rings. The van der Waals surface area contributed by atoms with E-state index in [0.29, 0.717) is 15.6 Å². The Kier molecular flexibility index (Phi) is 3.04. The third-order valence-corrected chi connectivity index (χ3v) is 2.97. The van der Waals surface area contributed by atoms with E-state index in [4.69, 9.17) is 23.2 Å². The van der Waals surface area contributed by atoms with Gasteiger partial charge in [0.15, 0.2) is 0 Å². The topological polar surface area (TPSA) is 66.5 Å². The number of hydrogen-bond donors (Lipinski definition) is 1. The number of nitrogens with one attached hydrogen (secondary N) is 1. The number of halogens is 2. The van der Waals surface area contributed by atoms with Gasteiger partial charge in [-0.3, -0.25) is 19.8 Å². The molecule has 5 nitrogen and oxygen atoms in total. The van der Waals surface area contributed by atoms with Gasteiger partial charge in [0, 0.05) is 0 Å². The summed E-state index contributed by atoms with van der Waals surface area (Å²) in [6.07, 6.45) is 0. The van der Waals surface area contributed by atoms with Crippen LogP contribution in [-0.4, -0.2) is 22.7 Å². The predicted molar refractivity (Wildman–Crippen MR) is 60.6 cm³/mol. The van der Waals surface area contributed by atoms with Crippen LogP contribution in [0.1, 0.15) is 5.56 Å². The van der Waals surface area contributed by atoms with Crippen molar-refractivity contribution in [3.05, 3.63) is 33.8 Å². The molecule has 0 spiro atoms. The summed E-state index contributed by atoms with van der Waals surface area (Å²) in [5, 5.41) is 2.60. The summed E-state index contributed by atoms with van der Waals surface area (Å²) >= 11 is 11.5. The Bertz CT molecular complexity index is 530. The van der Waals surface area contributed by atoms with E-state index in [1.807, 2.05) is 5.32 Å². The molecule has 4 amide bonds. The minimum absolute atomic E-state index is 0.0205. The molecular weight excluding hydrogens is 267 g/mol. The molecule has 1 aliphatic rings. The molecule has 0 bridgehead atoms. The van der Waals surface area contributed by atoms with Gasteiger partial charge in [-0.15, -0.1) is 0 Å². The summed E-state index contributed by atoms with van der Waals surface area (Å²) in [6, 6.07) is 3.98. The van der Waals surface area contributed by atoms with Gasteiger partial charge in [-0.25, -0.2) is 4.79 Å². The highest BCUT2D eigenvalue weighted by molar-refractivity contribution is 6.44. The first-order valence-electron chi connectivity index (χ1n) is 4.60. The molecule has 0 aliphatic carbocycles. The molecule has 0 saturated carbocycles. The lowest BCUT2D eigenvalue weighted by Gasteiger charge is -2.11. The molecule has 1 aromatic carbocycles. The standard InChI is InChI=1S/C10H6Cl2N2O3/c11-6-2-1-5(3-7(6)12)4-14-9(16)8(15)13-10(14)17/h1-3H,4H2,(H,13,15,17). The molecule has 0 atom stereocenters. The fourth-order valence-electron chi connectivity index (χ4n) is 1.40. The minimum Gasteiger partial charge on any atom is -0.269 e. The average Bonchev–Trinajstić information content (AvgIpc) is 2.50. The van der Waals surface area contributed by atoms with Crippen molar-refractivity contribution in [2.24, 2.45) is 0 Å². The van der Waals surface area contributed by atoms with E-state index >= 15 is 0 Å². The highest BCUT2D eigenvalue weighted by Gasteiger charge is 2.36. The van der Waals surface area contributed by atoms with E-state index < -0.39 is 17.8 Å². The molecule has 1 heterocycles. The number of amides is 4. The molecule has 88 valence electrons. The van der Waals surface area contributed by atoms with Crippen molar-refractivity contribution in [1.82, 2.24) is 10.2 Å². The van der Waals surface area contributed by atoms with Crippen LogP contribution in [0.4, 0.5) is 4.79 Å². The van der Waals surface area contributed by atoms with Gasteiger partial charge < -0.3 is 0 Å². The average molecular weight is 273 g/mol. The quantitative estimate of drug-likeness (QED) is 0.657. The van der Waals surface area contributed by atoms with Gasteiger partial charge in [-0.2, -0.15) is 0 Å². The Labute approximate surface area is 106 Å². The monoisotopic (exact) mass is 272 g/mol. The number of imide groups is 2. The second kappa shape index (κ2) is 4.35. The molecule has 7 heteroatoms. The van der Waals surface area contributed by atoms with E-state index in [-0.39, 0.29) is 6.54 Å². The van der Waals surface area contributed by atoms with Gasteiger partial charge in [0.05, 0.1) is 16.6 Å². The predicted octanol–water partition coefficient (Wildman–Crippen LogP) is 1.57. The highest BCUT2D eigenvalue weighted by Crippen LogP contribution is 2.23. The third kappa shape index (κ3) is 2.25. The Balaban J connectivity index is 2.21. The Morgan fingerprint density at radius 1 is 1.12 bits per heavy atom. The van der Waals surface area contributed by atoms with Crippen molar-refractivity contribution in [2.45, 2.75) is 6.54 Å². The normalized spacial score (nSPS) is 15.4. The maximum absolute atomic E-state index is 11.3. The number of hydrogen-bond acceptors (Lipinski definition) is 3. The van der Waals surface area contributed by atoms with Gasteiger partial charge in [-0.1, -0.05) is 29.3 Å². The lowest BCUT2D eigenvalue weighted by atomic mass is 10.2. The number of carbonyl (C=O) groups excluding carboxylic acids is 3. The highest BCUT2D eigenvalue weighted by atomic mass is 35.5. The number of rotatable bonds is 2. The molecule has 0 radical (unpaired) electrons. The minimum atomic E-state index is -0.921. The van der Waals surface area contributed by atoms with Crippen LogP contribution < -0.4 is 5.32 Å². The van der Waals surface area contributed by atoms with Gasteiger partial charge in [0.2, 0.25) is 0 Å². The van der Waals surface area contributed by atoms with Gasteiger partial charge in [0.1, 0.15) is 0 Å². The van der Waals surface area contributed by atoms with Crippen LogP contribution in [0.3, 0.4) is 0 Å². The second-order valence-corrected chi connectivity index (χ2v) is 4.21. The zero-order valence-corrected chi connectivity index (χ0v) is 9.88. The van der Waals surface area contributed by atoms with Crippen molar-refractivity contribution in [3.8, 4) is 0 Å². The van der Waals surface area contributed by atoms with Crippen LogP contribution in [0.5, 0.6) is 0 Å². The third-order valence-electron chi connectivity index (χ3n) is 2.23. The fraction of sp³-hybridized carbons (Fsp3) is 0.100. The lowest BCUT2D eigenvalue weighted by molar-refractivity contribution is -0.140. The fourth-order valence-corrected chi connectivity index (χ4v) is 1.72. The molecule has 1 saturated heterocycles. The summed E-state index contributed by atoms with van der Waals surface area (Å²) in [5.74, 6) is -1.80. The maximum atomic E-state index is 11.3. The molecule has 0 unspecified atom stereocenters. The van der Waals surface area contributed by atoms with Gasteiger partial charge >= 0.3 is 17.8 Å². The van der Waals surface area contributed by atoms with Crippen molar-refractivity contribution in [1.29, 1.82) is 0 Å². The van der Waals surface area contributed by atoms with Gasteiger partial charge in [0.25, 0.3) is 0 Å². The molecule has 1 fully saturated rings. The Hall–Kier alpha value is -1.59. The van der Waals surface area contributed by atoms with E-state index in [9.17, 15) is 14.4 Å². The Morgan fingerprint density at radius 3 is 2.35 bits per heavy atom. The summed E-state index contributed by atoms with van der Waals surface area (Å²) in [4.78, 5) is 34.3.